The highest BCUT2D eigenvalue weighted by Crippen LogP contribution is 2.34. The van der Waals surface area contributed by atoms with Gasteiger partial charge in [0, 0.05) is 5.02 Å². The van der Waals surface area contributed by atoms with Crippen molar-refractivity contribution >= 4 is 56.2 Å². The molecule has 0 amide bonds. The lowest BCUT2D eigenvalue weighted by atomic mass is 10.3. The molecule has 0 radical (unpaired) electrons. The minimum absolute atomic E-state index is 0.0374. The van der Waals surface area contributed by atoms with Crippen LogP contribution in [0.2, 0.25) is 15.1 Å². The molecule has 2 aromatic rings. The minimum atomic E-state index is -4.06. The SMILES string of the molecule is Nc1c(Cl)ccc(S(=O)(=O)Nc2cc(F)cc(Cl)c2)c1Cl. The molecule has 0 heterocycles. The van der Waals surface area contributed by atoms with Crippen molar-refractivity contribution in [2.24, 2.45) is 0 Å². The van der Waals surface area contributed by atoms with Gasteiger partial charge < -0.3 is 5.73 Å². The van der Waals surface area contributed by atoms with E-state index in [1.165, 1.54) is 18.2 Å². The van der Waals surface area contributed by atoms with Gasteiger partial charge in [-0.15, -0.1) is 0 Å². The minimum Gasteiger partial charge on any atom is -0.396 e. The number of hydrogen-bond donors (Lipinski definition) is 2. The molecule has 2 aromatic carbocycles. The summed E-state index contributed by atoms with van der Waals surface area (Å²) in [5.74, 6) is -0.679. The molecule has 21 heavy (non-hydrogen) atoms. The number of hydrogen-bond acceptors (Lipinski definition) is 3. The van der Waals surface area contributed by atoms with Crippen molar-refractivity contribution in [2.75, 3.05) is 10.5 Å². The number of nitrogens with two attached hydrogens (primary N) is 1. The van der Waals surface area contributed by atoms with Crippen LogP contribution in [0.4, 0.5) is 15.8 Å². The number of nitrogens with one attached hydrogen (secondary N) is 1. The lowest BCUT2D eigenvalue weighted by molar-refractivity contribution is 0.601. The third-order valence-electron chi connectivity index (χ3n) is 2.50. The lowest BCUT2D eigenvalue weighted by Gasteiger charge is -2.11. The van der Waals surface area contributed by atoms with Crippen molar-refractivity contribution in [3.05, 3.63) is 51.2 Å². The van der Waals surface area contributed by atoms with Gasteiger partial charge in [-0.25, -0.2) is 12.8 Å². The molecule has 3 N–H and O–H groups in total. The Morgan fingerprint density at radius 2 is 1.76 bits per heavy atom. The van der Waals surface area contributed by atoms with E-state index in [-0.39, 0.29) is 31.3 Å². The summed E-state index contributed by atoms with van der Waals surface area (Å²) in [6.45, 7) is 0. The average Bonchev–Trinajstić information content (AvgIpc) is 2.33. The summed E-state index contributed by atoms with van der Waals surface area (Å²) < 4.78 is 39.9. The van der Waals surface area contributed by atoms with Crippen molar-refractivity contribution in [2.45, 2.75) is 4.90 Å². The fourth-order valence-electron chi connectivity index (χ4n) is 1.58. The topological polar surface area (TPSA) is 72.2 Å². The highest BCUT2D eigenvalue weighted by atomic mass is 35.5. The van der Waals surface area contributed by atoms with Crippen LogP contribution in [-0.2, 0) is 10.0 Å². The summed E-state index contributed by atoms with van der Waals surface area (Å²) >= 11 is 17.3. The molecular weight excluding hydrogens is 362 g/mol. The molecule has 4 nitrogen and oxygen atoms in total. The standard InChI is InChI=1S/C12H8Cl3FN2O2S/c13-6-3-7(16)5-8(4-6)18-21(19,20)10-2-1-9(14)12(17)11(10)15/h1-5,18H,17H2. The Morgan fingerprint density at radius 1 is 1.10 bits per heavy atom. The van der Waals surface area contributed by atoms with Crippen LogP contribution < -0.4 is 10.5 Å². The normalized spacial score (nSPS) is 11.4. The van der Waals surface area contributed by atoms with Crippen molar-refractivity contribution in [3.63, 3.8) is 0 Å². The fraction of sp³-hybridized carbons (Fsp3) is 0. The molecule has 0 fully saturated rings. The number of halogens is 4. The molecule has 0 unspecified atom stereocenters. The fourth-order valence-corrected chi connectivity index (χ4v) is 3.61. The maximum absolute atomic E-state index is 13.2. The first-order chi connectivity index (χ1) is 9.70. The number of benzene rings is 2. The summed E-state index contributed by atoms with van der Waals surface area (Å²) in [5.41, 5.74) is 5.49. The molecule has 2 rings (SSSR count). The van der Waals surface area contributed by atoms with E-state index in [0.717, 1.165) is 12.1 Å². The predicted molar refractivity (Wildman–Crippen MR) is 83.1 cm³/mol. The van der Waals surface area contributed by atoms with E-state index in [1.807, 2.05) is 0 Å². The number of rotatable bonds is 3. The van der Waals surface area contributed by atoms with Crippen molar-refractivity contribution in [3.8, 4) is 0 Å². The molecule has 0 atom stereocenters. The quantitative estimate of drug-likeness (QED) is 0.798. The van der Waals surface area contributed by atoms with Gasteiger partial charge in [0.1, 0.15) is 10.7 Å². The van der Waals surface area contributed by atoms with Crippen LogP contribution in [-0.4, -0.2) is 8.42 Å². The maximum Gasteiger partial charge on any atom is 0.263 e. The zero-order valence-corrected chi connectivity index (χ0v) is 13.3. The van der Waals surface area contributed by atoms with Gasteiger partial charge in [-0.05, 0) is 30.3 Å². The molecule has 0 aromatic heterocycles. The summed E-state index contributed by atoms with van der Waals surface area (Å²) in [6, 6.07) is 5.79. The second kappa shape index (κ2) is 5.88. The van der Waals surface area contributed by atoms with Gasteiger partial charge in [0.05, 0.1) is 21.4 Å². The van der Waals surface area contributed by atoms with Crippen molar-refractivity contribution in [1.82, 2.24) is 0 Å². The van der Waals surface area contributed by atoms with Gasteiger partial charge in [-0.3, -0.25) is 4.72 Å². The summed E-state index contributed by atoms with van der Waals surface area (Å²) in [4.78, 5) is -0.272. The molecule has 0 saturated heterocycles. The second-order valence-electron chi connectivity index (χ2n) is 4.04. The Balaban J connectivity index is 2.46. The summed E-state index contributed by atoms with van der Waals surface area (Å²) in [7, 11) is -4.06. The Bertz CT molecular complexity index is 792. The van der Waals surface area contributed by atoms with Crippen LogP contribution in [0, 0.1) is 5.82 Å². The first kappa shape index (κ1) is 16.2. The Labute approximate surface area is 135 Å². The predicted octanol–water partition coefficient (Wildman–Crippen LogP) is 4.17. The van der Waals surface area contributed by atoms with E-state index in [4.69, 9.17) is 40.5 Å². The molecule has 0 aliphatic carbocycles. The van der Waals surface area contributed by atoms with Gasteiger partial charge in [0.25, 0.3) is 10.0 Å². The average molecular weight is 370 g/mol. The first-order valence-corrected chi connectivity index (χ1v) is 8.05. The first-order valence-electron chi connectivity index (χ1n) is 5.43. The van der Waals surface area contributed by atoms with E-state index >= 15 is 0 Å². The van der Waals surface area contributed by atoms with E-state index < -0.39 is 15.8 Å². The van der Waals surface area contributed by atoms with Gasteiger partial charge in [-0.2, -0.15) is 0 Å². The van der Waals surface area contributed by atoms with Gasteiger partial charge >= 0.3 is 0 Å². The second-order valence-corrected chi connectivity index (χ2v) is 6.91. The van der Waals surface area contributed by atoms with E-state index in [0.29, 0.717) is 0 Å². The summed E-state index contributed by atoms with van der Waals surface area (Å²) in [6.07, 6.45) is 0. The smallest absolute Gasteiger partial charge is 0.263 e. The molecular formula is C12H8Cl3FN2O2S. The lowest BCUT2D eigenvalue weighted by Crippen LogP contribution is -2.14. The highest BCUT2D eigenvalue weighted by Gasteiger charge is 2.21. The zero-order valence-electron chi connectivity index (χ0n) is 10.2. The van der Waals surface area contributed by atoms with Crippen molar-refractivity contribution < 1.29 is 12.8 Å². The molecule has 0 bridgehead atoms. The Kier molecular flexibility index (Phi) is 4.53. The Hall–Kier alpha value is -1.21. The Morgan fingerprint density at radius 3 is 2.38 bits per heavy atom. The largest absolute Gasteiger partial charge is 0.396 e. The molecule has 0 aliphatic heterocycles. The maximum atomic E-state index is 13.2. The van der Waals surface area contributed by atoms with E-state index in [1.54, 1.807) is 0 Å². The van der Waals surface area contributed by atoms with Gasteiger partial charge in [0.15, 0.2) is 0 Å². The van der Waals surface area contributed by atoms with Crippen LogP contribution in [0.3, 0.4) is 0 Å². The van der Waals surface area contributed by atoms with Gasteiger partial charge in [0.2, 0.25) is 0 Å². The van der Waals surface area contributed by atoms with Crippen LogP contribution >= 0.6 is 34.8 Å². The molecule has 0 aliphatic rings. The number of nitrogen functional groups attached to an aromatic ring is 1. The van der Waals surface area contributed by atoms with Crippen LogP contribution in [0.25, 0.3) is 0 Å². The number of sulfonamides is 1. The van der Waals surface area contributed by atoms with Crippen LogP contribution in [0.15, 0.2) is 35.2 Å². The molecule has 0 saturated carbocycles. The molecule has 112 valence electrons. The van der Waals surface area contributed by atoms with Gasteiger partial charge in [-0.1, -0.05) is 34.8 Å². The third kappa shape index (κ3) is 3.52. The van der Waals surface area contributed by atoms with E-state index in [9.17, 15) is 12.8 Å². The highest BCUT2D eigenvalue weighted by molar-refractivity contribution is 7.92. The van der Waals surface area contributed by atoms with Crippen LogP contribution in [0.5, 0.6) is 0 Å². The molecule has 9 heteroatoms. The zero-order chi connectivity index (χ0) is 15.8. The number of anilines is 2. The monoisotopic (exact) mass is 368 g/mol. The molecule has 0 spiro atoms. The van der Waals surface area contributed by atoms with E-state index in [2.05, 4.69) is 4.72 Å². The van der Waals surface area contributed by atoms with Crippen molar-refractivity contribution in [1.29, 1.82) is 0 Å². The van der Waals surface area contributed by atoms with Crippen LogP contribution in [0.1, 0.15) is 0 Å². The summed E-state index contributed by atoms with van der Waals surface area (Å²) in [5, 5.41) is -0.0281. The third-order valence-corrected chi connectivity index (χ3v) is 4.99.